The first kappa shape index (κ1) is 18.1. The predicted octanol–water partition coefficient (Wildman–Crippen LogP) is 2.49. The quantitative estimate of drug-likeness (QED) is 0.803. The van der Waals surface area contributed by atoms with E-state index in [0.29, 0.717) is 11.4 Å². The lowest BCUT2D eigenvalue weighted by molar-refractivity contribution is -0.128. The molecule has 3 N–H and O–H groups in total. The number of anilines is 1. The molecule has 2 aromatic rings. The fraction of sp³-hybridized carbons (Fsp3) is 0.222. The van der Waals surface area contributed by atoms with Gasteiger partial charge in [0.15, 0.2) is 5.96 Å². The average molecular weight is 416 g/mol. The van der Waals surface area contributed by atoms with Crippen LogP contribution in [0.25, 0.3) is 0 Å². The molecular weight excluding hydrogens is 398 g/mol. The number of guanidine groups is 1. The largest absolute Gasteiger partial charge is 0.369 e. The highest BCUT2D eigenvalue weighted by Crippen LogP contribution is 2.34. The molecule has 0 radical (unpaired) electrons. The second-order valence-electron chi connectivity index (χ2n) is 6.27. The summed E-state index contributed by atoms with van der Waals surface area (Å²) in [5.74, 6) is -0.243. The Bertz CT molecular complexity index is 897. The average Bonchev–Trinajstić information content (AvgIpc) is 2.60. The van der Waals surface area contributed by atoms with E-state index in [1.54, 1.807) is 43.6 Å². The van der Waals surface area contributed by atoms with E-state index < -0.39 is 5.54 Å². The number of aromatic nitrogens is 1. The number of halogens is 1. The molecule has 1 aliphatic rings. The van der Waals surface area contributed by atoms with Crippen molar-refractivity contribution in [1.29, 1.82) is 0 Å². The van der Waals surface area contributed by atoms with Crippen LogP contribution in [0.4, 0.5) is 5.69 Å². The molecule has 0 saturated carbocycles. The standard InChI is InChI=1S/C18H18BrN5O2/c1-18(9-15(25)24(2)17(20)23-18)11-4-3-5-13(8-11)22-16(26)14-7-6-12(19)10-21-14/h3-8,10H,9H2,1-2H3,(H2,20,23)(H,22,26). The molecule has 0 saturated heterocycles. The number of amides is 2. The predicted molar refractivity (Wildman–Crippen MR) is 103 cm³/mol. The molecule has 0 spiro atoms. The fourth-order valence-electron chi connectivity index (χ4n) is 2.71. The van der Waals surface area contributed by atoms with Crippen molar-refractivity contribution in [2.75, 3.05) is 12.4 Å². The Balaban J connectivity index is 1.85. The number of benzene rings is 1. The molecule has 7 nitrogen and oxygen atoms in total. The molecule has 3 rings (SSSR count). The van der Waals surface area contributed by atoms with Gasteiger partial charge in [0.25, 0.3) is 5.91 Å². The highest BCUT2D eigenvalue weighted by atomic mass is 79.9. The molecule has 0 aliphatic carbocycles. The number of pyridine rings is 1. The number of hydrogen-bond acceptors (Lipinski definition) is 5. The Morgan fingerprint density at radius 3 is 2.77 bits per heavy atom. The third-order valence-electron chi connectivity index (χ3n) is 4.28. The van der Waals surface area contributed by atoms with Crippen molar-refractivity contribution in [1.82, 2.24) is 9.88 Å². The lowest BCUT2D eigenvalue weighted by Crippen LogP contribution is -2.47. The van der Waals surface area contributed by atoms with E-state index in [1.165, 1.54) is 4.90 Å². The number of nitrogens with two attached hydrogens (primary N) is 1. The van der Waals surface area contributed by atoms with Gasteiger partial charge in [-0.2, -0.15) is 0 Å². The number of rotatable bonds is 3. The highest BCUT2D eigenvalue weighted by molar-refractivity contribution is 9.10. The van der Waals surface area contributed by atoms with Gasteiger partial charge in [-0.25, -0.2) is 9.98 Å². The number of carbonyl (C=O) groups excluding carboxylic acids is 2. The molecule has 1 aliphatic heterocycles. The van der Waals surface area contributed by atoms with E-state index in [9.17, 15) is 9.59 Å². The van der Waals surface area contributed by atoms with Gasteiger partial charge in [0.1, 0.15) is 5.69 Å². The molecule has 0 fully saturated rings. The number of carbonyl (C=O) groups is 2. The summed E-state index contributed by atoms with van der Waals surface area (Å²) in [6.07, 6.45) is 1.77. The van der Waals surface area contributed by atoms with E-state index in [0.717, 1.165) is 10.0 Å². The van der Waals surface area contributed by atoms with Gasteiger partial charge in [-0.3, -0.25) is 14.5 Å². The van der Waals surface area contributed by atoms with E-state index in [-0.39, 0.29) is 24.2 Å². The zero-order valence-corrected chi connectivity index (χ0v) is 15.9. The minimum Gasteiger partial charge on any atom is -0.369 e. The van der Waals surface area contributed by atoms with Crippen LogP contribution in [0.3, 0.4) is 0 Å². The first-order chi connectivity index (χ1) is 12.3. The minimum absolute atomic E-state index is 0.103. The molecule has 1 aromatic carbocycles. The summed E-state index contributed by atoms with van der Waals surface area (Å²) in [5, 5.41) is 2.81. The van der Waals surface area contributed by atoms with Crippen molar-refractivity contribution < 1.29 is 9.59 Å². The number of hydrogen-bond donors (Lipinski definition) is 2. The molecule has 26 heavy (non-hydrogen) atoms. The van der Waals surface area contributed by atoms with Gasteiger partial charge >= 0.3 is 0 Å². The zero-order chi connectivity index (χ0) is 18.9. The molecule has 8 heteroatoms. The van der Waals surface area contributed by atoms with E-state index in [4.69, 9.17) is 5.73 Å². The maximum absolute atomic E-state index is 12.3. The monoisotopic (exact) mass is 415 g/mol. The van der Waals surface area contributed by atoms with Crippen LogP contribution in [-0.2, 0) is 10.3 Å². The van der Waals surface area contributed by atoms with Crippen molar-refractivity contribution in [3.63, 3.8) is 0 Å². The van der Waals surface area contributed by atoms with Crippen molar-refractivity contribution >= 4 is 39.4 Å². The third-order valence-corrected chi connectivity index (χ3v) is 4.75. The number of nitrogens with zero attached hydrogens (tertiary/aromatic N) is 3. The zero-order valence-electron chi connectivity index (χ0n) is 14.4. The normalized spacial score (nSPS) is 19.9. The first-order valence-electron chi connectivity index (χ1n) is 7.94. The molecule has 1 unspecified atom stereocenters. The maximum atomic E-state index is 12.3. The Hall–Kier alpha value is -2.74. The lowest BCUT2D eigenvalue weighted by atomic mass is 9.87. The van der Waals surface area contributed by atoms with Crippen molar-refractivity contribution in [3.05, 3.63) is 58.3 Å². The summed E-state index contributed by atoms with van der Waals surface area (Å²) < 4.78 is 0.798. The van der Waals surface area contributed by atoms with Crippen LogP contribution in [0, 0.1) is 0 Å². The van der Waals surface area contributed by atoms with Gasteiger partial charge in [-0.1, -0.05) is 12.1 Å². The molecule has 2 heterocycles. The molecule has 1 atom stereocenters. The Labute approximate surface area is 159 Å². The van der Waals surface area contributed by atoms with Crippen LogP contribution in [0.5, 0.6) is 0 Å². The minimum atomic E-state index is -0.774. The fourth-order valence-corrected chi connectivity index (χ4v) is 2.95. The Morgan fingerprint density at radius 2 is 2.12 bits per heavy atom. The molecule has 1 aromatic heterocycles. The van der Waals surface area contributed by atoms with Crippen LogP contribution >= 0.6 is 15.9 Å². The first-order valence-corrected chi connectivity index (χ1v) is 8.73. The highest BCUT2D eigenvalue weighted by Gasteiger charge is 2.36. The van der Waals surface area contributed by atoms with E-state index >= 15 is 0 Å². The van der Waals surface area contributed by atoms with Crippen molar-refractivity contribution in [3.8, 4) is 0 Å². The topological polar surface area (TPSA) is 101 Å². The maximum Gasteiger partial charge on any atom is 0.274 e. The van der Waals surface area contributed by atoms with E-state index in [2.05, 4.69) is 31.2 Å². The summed E-state index contributed by atoms with van der Waals surface area (Å²) in [6, 6.07) is 10.6. The van der Waals surface area contributed by atoms with Crippen LogP contribution in [-0.4, -0.2) is 34.7 Å². The van der Waals surface area contributed by atoms with Crippen LogP contribution in [0.1, 0.15) is 29.4 Å². The molecule has 0 bridgehead atoms. The SMILES string of the molecule is CN1C(=O)CC(C)(c2cccc(NC(=O)c3ccc(Br)cn3)c2)N=C1N. The molecule has 2 amide bonds. The van der Waals surface area contributed by atoms with Gasteiger partial charge in [0.05, 0.1) is 12.0 Å². The Kier molecular flexibility index (Phi) is 4.78. The number of aliphatic imine (C=N–C) groups is 1. The van der Waals surface area contributed by atoms with Crippen LogP contribution in [0.2, 0.25) is 0 Å². The summed E-state index contributed by atoms with van der Waals surface area (Å²) in [7, 11) is 1.60. The van der Waals surface area contributed by atoms with Gasteiger partial charge in [0.2, 0.25) is 5.91 Å². The Morgan fingerprint density at radius 1 is 1.35 bits per heavy atom. The van der Waals surface area contributed by atoms with Gasteiger partial charge in [-0.15, -0.1) is 0 Å². The van der Waals surface area contributed by atoms with Crippen LogP contribution < -0.4 is 11.1 Å². The third kappa shape index (κ3) is 3.60. The van der Waals surface area contributed by atoms with Crippen LogP contribution in [0.15, 0.2) is 52.1 Å². The second kappa shape index (κ2) is 6.87. The summed E-state index contributed by atoms with van der Waals surface area (Å²) >= 11 is 3.29. The van der Waals surface area contributed by atoms with E-state index in [1.807, 2.05) is 13.0 Å². The van der Waals surface area contributed by atoms with Gasteiger partial charge < -0.3 is 11.1 Å². The second-order valence-corrected chi connectivity index (χ2v) is 7.19. The molecule has 134 valence electrons. The molecular formula is C18H18BrN5O2. The van der Waals surface area contributed by atoms with Crippen molar-refractivity contribution in [2.24, 2.45) is 10.7 Å². The smallest absolute Gasteiger partial charge is 0.274 e. The van der Waals surface area contributed by atoms with Gasteiger partial charge in [0, 0.05) is 23.4 Å². The lowest BCUT2D eigenvalue weighted by Gasteiger charge is -2.33. The summed E-state index contributed by atoms with van der Waals surface area (Å²) in [5.41, 5.74) is 6.79. The summed E-state index contributed by atoms with van der Waals surface area (Å²) in [4.78, 5) is 34.4. The number of nitrogens with one attached hydrogen (secondary N) is 1. The van der Waals surface area contributed by atoms with Gasteiger partial charge in [-0.05, 0) is 52.7 Å². The summed E-state index contributed by atoms with van der Waals surface area (Å²) in [6.45, 7) is 1.85. The van der Waals surface area contributed by atoms with Crippen molar-refractivity contribution in [2.45, 2.75) is 18.9 Å².